The van der Waals surface area contributed by atoms with Crippen molar-refractivity contribution in [2.24, 2.45) is 23.7 Å². The highest BCUT2D eigenvalue weighted by atomic mass is 16.5. The Morgan fingerprint density at radius 2 is 1.64 bits per heavy atom. The Labute approximate surface area is 163 Å². The van der Waals surface area contributed by atoms with Crippen molar-refractivity contribution in [3.05, 3.63) is 29.8 Å². The average Bonchev–Trinajstić information content (AvgIpc) is 3.39. The quantitative estimate of drug-likeness (QED) is 0.422. The Kier molecular flexibility index (Phi) is 4.69. The van der Waals surface area contributed by atoms with Gasteiger partial charge in [-0.05, 0) is 62.3 Å². The predicted molar refractivity (Wildman–Crippen MR) is 97.4 cm³/mol. The van der Waals surface area contributed by atoms with E-state index >= 15 is 0 Å². The van der Waals surface area contributed by atoms with Gasteiger partial charge in [-0.3, -0.25) is 19.3 Å². The number of amides is 2. The van der Waals surface area contributed by atoms with Gasteiger partial charge in [0.25, 0.3) is 0 Å². The van der Waals surface area contributed by atoms with E-state index in [0.717, 1.165) is 24.2 Å². The molecule has 5 atom stereocenters. The van der Waals surface area contributed by atoms with Crippen molar-refractivity contribution in [2.45, 2.75) is 32.2 Å². The van der Waals surface area contributed by atoms with E-state index < -0.39 is 18.6 Å². The summed E-state index contributed by atoms with van der Waals surface area (Å²) in [5.74, 6) is -1.03. The normalized spacial score (nSPS) is 29.0. The fourth-order valence-electron chi connectivity index (χ4n) is 5.04. The lowest BCUT2D eigenvalue weighted by atomic mass is 9.81. The third-order valence-electron chi connectivity index (χ3n) is 6.45. The maximum Gasteiger partial charge on any atom is 0.329 e. The number of ether oxygens (including phenoxy) is 2. The van der Waals surface area contributed by atoms with Gasteiger partial charge in [-0.1, -0.05) is 0 Å². The fraction of sp³-hybridized carbons (Fsp3) is 0.524. The monoisotopic (exact) mass is 385 g/mol. The molecule has 0 radical (unpaired) electrons. The molecule has 0 spiro atoms. The van der Waals surface area contributed by atoms with Gasteiger partial charge in [0, 0.05) is 5.56 Å². The predicted octanol–water partition coefficient (Wildman–Crippen LogP) is 1.84. The number of carbonyl (C=O) groups excluding carboxylic acids is 4. The van der Waals surface area contributed by atoms with Crippen LogP contribution >= 0.6 is 0 Å². The van der Waals surface area contributed by atoms with E-state index in [0.29, 0.717) is 11.3 Å². The van der Waals surface area contributed by atoms with Crippen LogP contribution < -0.4 is 4.74 Å². The van der Waals surface area contributed by atoms with Gasteiger partial charge in [-0.2, -0.15) is 0 Å². The largest absolute Gasteiger partial charge is 0.497 e. The minimum Gasteiger partial charge on any atom is -0.497 e. The van der Waals surface area contributed by atoms with Gasteiger partial charge < -0.3 is 9.47 Å². The summed E-state index contributed by atoms with van der Waals surface area (Å²) < 4.78 is 10.2. The maximum absolute atomic E-state index is 12.8. The standard InChI is InChI=1S/C21H23NO6/c1-11(21(26)28-10-16(23)12-5-7-15(27-2)8-6-12)22-19(24)17-13-3-4-14(9-13)18(17)20(22)25/h5-8,11,13-14,17-18H,3-4,9-10H2,1-2H3/t11-,13-,14+,17-,18+/m1/s1. The number of hydrogen-bond donors (Lipinski definition) is 0. The molecule has 1 aliphatic heterocycles. The average molecular weight is 385 g/mol. The molecule has 1 aromatic rings. The smallest absolute Gasteiger partial charge is 0.329 e. The summed E-state index contributed by atoms with van der Waals surface area (Å²) in [5, 5.41) is 0. The molecular formula is C21H23NO6. The second-order valence-electron chi connectivity index (χ2n) is 7.87. The van der Waals surface area contributed by atoms with Gasteiger partial charge in [0.05, 0.1) is 18.9 Å². The molecule has 1 heterocycles. The molecule has 3 fully saturated rings. The second-order valence-corrected chi connectivity index (χ2v) is 7.87. The molecule has 148 valence electrons. The van der Waals surface area contributed by atoms with Crippen LogP contribution in [0.4, 0.5) is 0 Å². The lowest BCUT2D eigenvalue weighted by Crippen LogP contribution is -2.45. The third kappa shape index (κ3) is 2.89. The molecule has 2 amide bonds. The van der Waals surface area contributed by atoms with Crippen LogP contribution in [-0.2, 0) is 19.1 Å². The molecule has 0 N–H and O–H groups in total. The zero-order valence-electron chi connectivity index (χ0n) is 15.9. The number of imide groups is 1. The fourth-order valence-corrected chi connectivity index (χ4v) is 5.04. The molecule has 4 rings (SSSR count). The summed E-state index contributed by atoms with van der Waals surface area (Å²) in [7, 11) is 1.53. The van der Waals surface area contributed by atoms with Crippen molar-refractivity contribution < 1.29 is 28.7 Å². The van der Waals surface area contributed by atoms with Crippen molar-refractivity contribution in [3.63, 3.8) is 0 Å². The number of hydrogen-bond acceptors (Lipinski definition) is 6. The van der Waals surface area contributed by atoms with Crippen LogP contribution in [0.5, 0.6) is 5.75 Å². The van der Waals surface area contributed by atoms with Gasteiger partial charge in [0.15, 0.2) is 12.4 Å². The Morgan fingerprint density at radius 1 is 1.07 bits per heavy atom. The van der Waals surface area contributed by atoms with E-state index in [4.69, 9.17) is 9.47 Å². The number of carbonyl (C=O) groups is 4. The summed E-state index contributed by atoms with van der Waals surface area (Å²) in [6, 6.07) is 5.44. The molecule has 2 bridgehead atoms. The minimum atomic E-state index is -1.02. The summed E-state index contributed by atoms with van der Waals surface area (Å²) in [5.41, 5.74) is 0.390. The lowest BCUT2D eigenvalue weighted by molar-refractivity contribution is -0.157. The Bertz CT molecular complexity index is 804. The molecule has 7 nitrogen and oxygen atoms in total. The van der Waals surface area contributed by atoms with Crippen molar-refractivity contribution >= 4 is 23.6 Å². The van der Waals surface area contributed by atoms with Crippen LogP contribution in [0.25, 0.3) is 0 Å². The molecule has 2 aliphatic carbocycles. The van der Waals surface area contributed by atoms with Gasteiger partial charge in [-0.15, -0.1) is 0 Å². The first-order valence-corrected chi connectivity index (χ1v) is 9.63. The molecule has 0 aromatic heterocycles. The van der Waals surface area contributed by atoms with Crippen LogP contribution in [0.1, 0.15) is 36.5 Å². The highest BCUT2D eigenvalue weighted by molar-refractivity contribution is 6.08. The van der Waals surface area contributed by atoms with Gasteiger partial charge in [-0.25, -0.2) is 4.79 Å². The SMILES string of the molecule is COc1ccc(C(=O)COC(=O)[C@@H](C)N2C(=O)[C@@H]3[C@@H]4CC[C@@H](C4)[C@@H]3C2=O)cc1. The molecule has 1 aromatic carbocycles. The number of likely N-dealkylation sites (tertiary alicyclic amines) is 1. The van der Waals surface area contributed by atoms with Crippen LogP contribution in [0.2, 0.25) is 0 Å². The number of benzene rings is 1. The third-order valence-corrected chi connectivity index (χ3v) is 6.45. The van der Waals surface area contributed by atoms with Gasteiger partial charge in [0.1, 0.15) is 11.8 Å². The minimum absolute atomic E-state index is 0.256. The molecule has 1 saturated heterocycles. The number of methoxy groups -OCH3 is 1. The molecule has 0 unspecified atom stereocenters. The van der Waals surface area contributed by atoms with Crippen molar-refractivity contribution in [1.29, 1.82) is 0 Å². The number of esters is 1. The molecule has 7 heteroatoms. The summed E-state index contributed by atoms with van der Waals surface area (Å²) >= 11 is 0. The Hall–Kier alpha value is -2.70. The number of nitrogens with zero attached hydrogens (tertiary/aromatic N) is 1. The van der Waals surface area contributed by atoms with Crippen LogP contribution in [0.15, 0.2) is 24.3 Å². The zero-order valence-corrected chi connectivity index (χ0v) is 15.9. The number of ketones is 1. The summed E-state index contributed by atoms with van der Waals surface area (Å²) in [4.78, 5) is 51.2. The highest BCUT2D eigenvalue weighted by Gasteiger charge is 2.62. The first-order valence-electron chi connectivity index (χ1n) is 9.63. The van der Waals surface area contributed by atoms with E-state index in [2.05, 4.69) is 0 Å². The van der Waals surface area contributed by atoms with E-state index in [-0.39, 0.29) is 41.3 Å². The zero-order chi connectivity index (χ0) is 20.0. The van der Waals surface area contributed by atoms with E-state index in [1.807, 2.05) is 0 Å². The number of Topliss-reactive ketones (excluding diaryl/α,β-unsaturated/α-hetero) is 1. The van der Waals surface area contributed by atoms with Gasteiger partial charge in [0.2, 0.25) is 11.8 Å². The maximum atomic E-state index is 12.8. The number of rotatable bonds is 6. The first kappa shape index (κ1) is 18.7. The molecular weight excluding hydrogens is 362 g/mol. The lowest BCUT2D eigenvalue weighted by Gasteiger charge is -2.22. The summed E-state index contributed by atoms with van der Waals surface area (Å²) in [6.07, 6.45) is 2.90. The van der Waals surface area contributed by atoms with Crippen molar-refractivity contribution in [3.8, 4) is 5.75 Å². The van der Waals surface area contributed by atoms with E-state index in [1.54, 1.807) is 24.3 Å². The topological polar surface area (TPSA) is 90.0 Å². The van der Waals surface area contributed by atoms with Crippen LogP contribution in [0, 0.1) is 23.7 Å². The molecule has 28 heavy (non-hydrogen) atoms. The molecule has 3 aliphatic rings. The van der Waals surface area contributed by atoms with Crippen LogP contribution in [0.3, 0.4) is 0 Å². The van der Waals surface area contributed by atoms with Crippen LogP contribution in [-0.4, -0.2) is 48.2 Å². The number of fused-ring (bicyclic) bond motifs is 5. The van der Waals surface area contributed by atoms with Crippen molar-refractivity contribution in [1.82, 2.24) is 4.90 Å². The second kappa shape index (κ2) is 7.04. The molecule has 2 saturated carbocycles. The van der Waals surface area contributed by atoms with E-state index in [1.165, 1.54) is 14.0 Å². The van der Waals surface area contributed by atoms with Crippen molar-refractivity contribution in [2.75, 3.05) is 13.7 Å². The summed E-state index contributed by atoms with van der Waals surface area (Å²) in [6.45, 7) is 1.04. The highest BCUT2D eigenvalue weighted by Crippen LogP contribution is 2.56. The van der Waals surface area contributed by atoms with Gasteiger partial charge >= 0.3 is 5.97 Å². The Balaban J connectivity index is 1.37. The first-order chi connectivity index (χ1) is 13.4. The van der Waals surface area contributed by atoms with E-state index in [9.17, 15) is 19.2 Å². The Morgan fingerprint density at radius 3 is 2.18 bits per heavy atom.